The summed E-state index contributed by atoms with van der Waals surface area (Å²) in [5.74, 6) is 1.39. The summed E-state index contributed by atoms with van der Waals surface area (Å²) in [6.07, 6.45) is 4.64. The molecule has 4 rings (SSSR count). The molecular formula is C23H26N4O5S. The SMILES string of the molecule is Cc1nccn1-c1ccccc1CNC(=O)C(C)N(c1ccc2c(c1)OCCO2)S(C)(=O)=O. The van der Waals surface area contributed by atoms with E-state index in [9.17, 15) is 13.2 Å². The molecule has 1 aromatic heterocycles. The summed E-state index contributed by atoms with van der Waals surface area (Å²) in [6.45, 7) is 4.49. The number of ether oxygens (including phenoxy) is 2. The minimum absolute atomic E-state index is 0.232. The number of nitrogens with one attached hydrogen (secondary N) is 1. The lowest BCUT2D eigenvalue weighted by Crippen LogP contribution is -2.47. The number of imidazole rings is 1. The first-order chi connectivity index (χ1) is 15.8. The van der Waals surface area contributed by atoms with E-state index in [0.29, 0.717) is 30.4 Å². The monoisotopic (exact) mass is 470 g/mol. The molecule has 9 nitrogen and oxygen atoms in total. The number of para-hydroxylation sites is 1. The second-order valence-corrected chi connectivity index (χ2v) is 9.61. The number of nitrogens with zero attached hydrogens (tertiary/aromatic N) is 3. The van der Waals surface area contributed by atoms with Crippen molar-refractivity contribution in [3.05, 3.63) is 66.2 Å². The number of carbonyl (C=O) groups is 1. The van der Waals surface area contributed by atoms with Crippen molar-refractivity contribution >= 4 is 21.6 Å². The molecule has 0 saturated heterocycles. The molecular weight excluding hydrogens is 444 g/mol. The molecule has 0 spiro atoms. The van der Waals surface area contributed by atoms with E-state index in [1.165, 1.54) is 0 Å². The summed E-state index contributed by atoms with van der Waals surface area (Å²) < 4.78 is 39.4. The number of rotatable bonds is 7. The highest BCUT2D eigenvalue weighted by Crippen LogP contribution is 2.35. The van der Waals surface area contributed by atoms with Crippen molar-refractivity contribution in [2.45, 2.75) is 26.4 Å². The highest BCUT2D eigenvalue weighted by atomic mass is 32.2. The summed E-state index contributed by atoms with van der Waals surface area (Å²) in [4.78, 5) is 17.3. The van der Waals surface area contributed by atoms with Crippen molar-refractivity contribution in [3.63, 3.8) is 0 Å². The Morgan fingerprint density at radius 1 is 1.18 bits per heavy atom. The third-order valence-corrected chi connectivity index (χ3v) is 6.64. The molecule has 0 radical (unpaired) electrons. The molecule has 0 saturated carbocycles. The van der Waals surface area contributed by atoms with Gasteiger partial charge in [0.1, 0.15) is 25.1 Å². The molecule has 1 N–H and O–H groups in total. The third-order valence-electron chi connectivity index (χ3n) is 5.40. The number of aromatic nitrogens is 2. The van der Waals surface area contributed by atoms with Gasteiger partial charge in [-0.05, 0) is 37.6 Å². The van der Waals surface area contributed by atoms with Crippen LogP contribution in [-0.2, 0) is 21.4 Å². The van der Waals surface area contributed by atoms with Crippen LogP contribution in [0.25, 0.3) is 5.69 Å². The maximum Gasteiger partial charge on any atom is 0.243 e. The Labute approximate surface area is 193 Å². The van der Waals surface area contributed by atoms with Gasteiger partial charge in [-0.15, -0.1) is 0 Å². The second kappa shape index (κ2) is 9.14. The number of hydrogen-bond donors (Lipinski definition) is 1. The van der Waals surface area contributed by atoms with Crippen molar-refractivity contribution < 1.29 is 22.7 Å². The van der Waals surface area contributed by atoms with E-state index in [4.69, 9.17) is 9.47 Å². The van der Waals surface area contributed by atoms with Crippen LogP contribution in [0.2, 0.25) is 0 Å². The predicted octanol–water partition coefficient (Wildman–Crippen LogP) is 2.42. The van der Waals surface area contributed by atoms with Gasteiger partial charge < -0.3 is 19.4 Å². The highest BCUT2D eigenvalue weighted by Gasteiger charge is 2.30. The summed E-state index contributed by atoms with van der Waals surface area (Å²) in [5, 5.41) is 2.87. The van der Waals surface area contributed by atoms with Gasteiger partial charge in [0.05, 0.1) is 17.6 Å². The molecule has 1 atom stereocenters. The van der Waals surface area contributed by atoms with Crippen LogP contribution in [0.5, 0.6) is 11.5 Å². The quantitative estimate of drug-likeness (QED) is 0.569. The smallest absolute Gasteiger partial charge is 0.243 e. The summed E-state index contributed by atoms with van der Waals surface area (Å²) in [7, 11) is -3.76. The minimum atomic E-state index is -3.76. The minimum Gasteiger partial charge on any atom is -0.486 e. The highest BCUT2D eigenvalue weighted by molar-refractivity contribution is 7.92. The van der Waals surface area contributed by atoms with Crippen LogP contribution in [0.4, 0.5) is 5.69 Å². The van der Waals surface area contributed by atoms with Crippen LogP contribution in [-0.4, -0.2) is 49.4 Å². The third kappa shape index (κ3) is 4.80. The van der Waals surface area contributed by atoms with Gasteiger partial charge in [0.2, 0.25) is 15.9 Å². The lowest BCUT2D eigenvalue weighted by Gasteiger charge is -2.29. The van der Waals surface area contributed by atoms with Crippen LogP contribution >= 0.6 is 0 Å². The van der Waals surface area contributed by atoms with Gasteiger partial charge >= 0.3 is 0 Å². The number of amides is 1. The van der Waals surface area contributed by atoms with Crippen molar-refractivity contribution in [1.82, 2.24) is 14.9 Å². The van der Waals surface area contributed by atoms with Crippen molar-refractivity contribution in [2.75, 3.05) is 23.8 Å². The Kier molecular flexibility index (Phi) is 6.28. The van der Waals surface area contributed by atoms with Crippen molar-refractivity contribution in [1.29, 1.82) is 0 Å². The Hall–Kier alpha value is -3.53. The molecule has 0 aliphatic carbocycles. The van der Waals surface area contributed by atoms with Gasteiger partial charge in [-0.3, -0.25) is 9.10 Å². The maximum absolute atomic E-state index is 13.0. The lowest BCUT2D eigenvalue weighted by atomic mass is 10.1. The zero-order chi connectivity index (χ0) is 23.6. The van der Waals surface area contributed by atoms with E-state index in [2.05, 4.69) is 10.3 Å². The molecule has 174 valence electrons. The van der Waals surface area contributed by atoms with E-state index < -0.39 is 22.0 Å². The number of anilines is 1. The number of benzene rings is 2. The Morgan fingerprint density at radius 2 is 1.91 bits per heavy atom. The Morgan fingerprint density at radius 3 is 2.61 bits per heavy atom. The number of fused-ring (bicyclic) bond motifs is 1. The first-order valence-electron chi connectivity index (χ1n) is 10.5. The first kappa shape index (κ1) is 22.7. The predicted molar refractivity (Wildman–Crippen MR) is 124 cm³/mol. The fourth-order valence-corrected chi connectivity index (χ4v) is 5.00. The van der Waals surface area contributed by atoms with E-state index in [1.807, 2.05) is 42.0 Å². The van der Waals surface area contributed by atoms with Crippen LogP contribution in [0.3, 0.4) is 0 Å². The zero-order valence-corrected chi connectivity index (χ0v) is 19.5. The van der Waals surface area contributed by atoms with Crippen LogP contribution in [0, 0.1) is 6.92 Å². The van der Waals surface area contributed by atoms with Gasteiger partial charge in [0.25, 0.3) is 0 Å². The molecule has 1 unspecified atom stereocenters. The number of aryl methyl sites for hydroxylation is 1. The molecule has 2 heterocycles. The molecule has 10 heteroatoms. The number of sulfonamides is 1. The average Bonchev–Trinajstić information content (AvgIpc) is 3.22. The van der Waals surface area contributed by atoms with Crippen molar-refractivity contribution in [2.24, 2.45) is 0 Å². The number of hydrogen-bond acceptors (Lipinski definition) is 6. The standard InChI is InChI=1S/C23H26N4O5S/c1-16(27(33(3,29)30)19-8-9-21-22(14-19)32-13-12-31-21)23(28)25-15-18-6-4-5-7-20(18)26-11-10-24-17(26)2/h4-11,14,16H,12-13,15H2,1-3H3,(H,25,28). The van der Waals surface area contributed by atoms with Gasteiger partial charge in [0, 0.05) is 25.0 Å². The largest absolute Gasteiger partial charge is 0.486 e. The fraction of sp³-hybridized carbons (Fsp3) is 0.304. The van der Waals surface area contributed by atoms with E-state index in [0.717, 1.165) is 27.6 Å². The average molecular weight is 471 g/mol. The molecule has 2 aromatic carbocycles. The van der Waals surface area contributed by atoms with Crippen LogP contribution < -0.4 is 19.1 Å². The van der Waals surface area contributed by atoms with Gasteiger partial charge in [-0.2, -0.15) is 0 Å². The molecule has 3 aromatic rings. The summed E-state index contributed by atoms with van der Waals surface area (Å²) >= 11 is 0. The van der Waals surface area contributed by atoms with Crippen LogP contribution in [0.1, 0.15) is 18.3 Å². The van der Waals surface area contributed by atoms with Crippen LogP contribution in [0.15, 0.2) is 54.9 Å². The lowest BCUT2D eigenvalue weighted by molar-refractivity contribution is -0.122. The normalized spacial score (nSPS) is 13.9. The fourth-order valence-electron chi connectivity index (χ4n) is 3.84. The first-order valence-corrected chi connectivity index (χ1v) is 12.4. The van der Waals surface area contributed by atoms with E-state index in [-0.39, 0.29) is 6.54 Å². The van der Waals surface area contributed by atoms with Crippen molar-refractivity contribution in [3.8, 4) is 17.2 Å². The number of carbonyl (C=O) groups excluding carboxylic acids is 1. The van der Waals surface area contributed by atoms with E-state index >= 15 is 0 Å². The van der Waals surface area contributed by atoms with Gasteiger partial charge in [-0.25, -0.2) is 13.4 Å². The second-order valence-electron chi connectivity index (χ2n) is 7.75. The summed E-state index contributed by atoms with van der Waals surface area (Å²) in [5.41, 5.74) is 2.11. The molecule has 0 bridgehead atoms. The van der Waals surface area contributed by atoms with Gasteiger partial charge in [-0.1, -0.05) is 18.2 Å². The molecule has 1 aliphatic rings. The molecule has 1 amide bonds. The molecule has 0 fully saturated rings. The molecule has 1 aliphatic heterocycles. The Balaban J connectivity index is 1.55. The zero-order valence-electron chi connectivity index (χ0n) is 18.7. The topological polar surface area (TPSA) is 103 Å². The summed E-state index contributed by atoms with van der Waals surface area (Å²) in [6, 6.07) is 11.5. The maximum atomic E-state index is 13.0. The Bertz CT molecular complexity index is 1270. The molecule has 33 heavy (non-hydrogen) atoms. The van der Waals surface area contributed by atoms with Gasteiger partial charge in [0.15, 0.2) is 11.5 Å². The van der Waals surface area contributed by atoms with E-state index in [1.54, 1.807) is 31.3 Å².